The first-order valence-corrected chi connectivity index (χ1v) is 18.0. The van der Waals surface area contributed by atoms with E-state index < -0.39 is 77.4 Å². The first kappa shape index (κ1) is 37.1. The van der Waals surface area contributed by atoms with Crippen LogP contribution in [-0.4, -0.2) is 65.7 Å². The molecular weight excluding hydrogens is 702 g/mol. The molecule has 0 saturated carbocycles. The first-order chi connectivity index (χ1) is 26.6. The Kier molecular flexibility index (Phi) is 10.0. The van der Waals surface area contributed by atoms with Gasteiger partial charge < -0.3 is 24.6 Å². The van der Waals surface area contributed by atoms with Crippen molar-refractivity contribution in [3.05, 3.63) is 144 Å². The maximum Gasteiger partial charge on any atom is 0.329 e. The Labute approximate surface area is 318 Å². The van der Waals surface area contributed by atoms with Gasteiger partial charge in [-0.05, 0) is 46.4 Å². The Hall–Kier alpha value is -6.27. The summed E-state index contributed by atoms with van der Waals surface area (Å²) in [5.74, 6) is -5.18. The predicted molar refractivity (Wildman–Crippen MR) is 200 cm³/mol. The number of methoxy groups -OCH3 is 1. The highest BCUT2D eigenvalue weighted by Crippen LogP contribution is 2.66. The number of morpholine rings is 1. The Morgan fingerprint density at radius 2 is 1.49 bits per heavy atom. The zero-order valence-corrected chi connectivity index (χ0v) is 30.5. The number of carbonyl (C=O) groups is 5. The summed E-state index contributed by atoms with van der Waals surface area (Å²) < 4.78 is 17.1. The van der Waals surface area contributed by atoms with Crippen LogP contribution in [0.3, 0.4) is 0 Å². The number of fused-ring (bicyclic) bond motifs is 3. The summed E-state index contributed by atoms with van der Waals surface area (Å²) in [4.78, 5) is 75.4. The fraction of sp³-hybridized carbons (Fsp3) is 0.279. The van der Waals surface area contributed by atoms with E-state index in [1.807, 2.05) is 65.6 Å². The number of esters is 3. The minimum Gasteiger partial charge on any atom is -0.508 e. The highest BCUT2D eigenvalue weighted by molar-refractivity contribution is 6.24. The van der Waals surface area contributed by atoms with E-state index in [0.29, 0.717) is 16.7 Å². The highest BCUT2D eigenvalue weighted by Gasteiger charge is 2.76. The second kappa shape index (κ2) is 14.9. The average Bonchev–Trinajstić information content (AvgIpc) is 3.66. The Morgan fingerprint density at radius 3 is 2.11 bits per heavy atom. The van der Waals surface area contributed by atoms with Crippen molar-refractivity contribution >= 4 is 35.5 Å². The molecule has 2 N–H and O–H groups in total. The number of urea groups is 1. The molecule has 55 heavy (non-hydrogen) atoms. The lowest BCUT2D eigenvalue weighted by Gasteiger charge is -2.46. The third kappa shape index (κ3) is 6.02. The predicted octanol–water partition coefficient (Wildman–Crippen LogP) is 5.69. The topological polar surface area (TPSA) is 152 Å². The van der Waals surface area contributed by atoms with Crippen LogP contribution in [0.25, 0.3) is 0 Å². The molecule has 0 aliphatic carbocycles. The third-order valence-electron chi connectivity index (χ3n) is 10.8. The van der Waals surface area contributed by atoms with E-state index in [0.717, 1.165) is 10.5 Å². The van der Waals surface area contributed by atoms with Crippen LogP contribution in [0.4, 0.5) is 10.5 Å². The number of nitrogens with one attached hydrogen (secondary N) is 1. The van der Waals surface area contributed by atoms with E-state index in [1.165, 1.54) is 25.3 Å². The molecule has 2 fully saturated rings. The van der Waals surface area contributed by atoms with Crippen LogP contribution in [-0.2, 0) is 38.8 Å². The van der Waals surface area contributed by atoms with Crippen molar-refractivity contribution in [1.82, 2.24) is 10.2 Å². The molecule has 7 unspecified atom stereocenters. The molecule has 0 aromatic heterocycles. The second-order valence-electron chi connectivity index (χ2n) is 14.1. The van der Waals surface area contributed by atoms with Crippen LogP contribution >= 0.6 is 0 Å². The number of phenols is 1. The van der Waals surface area contributed by atoms with Crippen LogP contribution in [0.2, 0.25) is 0 Å². The average molecular weight is 744 g/mol. The van der Waals surface area contributed by atoms with Gasteiger partial charge in [-0.1, -0.05) is 117 Å². The minimum atomic E-state index is -2.00. The Morgan fingerprint density at radius 1 is 0.873 bits per heavy atom. The number of aromatic hydroxyl groups is 1. The summed E-state index contributed by atoms with van der Waals surface area (Å²) in [7, 11) is 1.20. The molecular formula is C43H41N3O9. The lowest BCUT2D eigenvalue weighted by molar-refractivity contribution is -0.180. The number of carbonyl (C=O) groups excluding carboxylic acids is 5. The Bertz CT molecular complexity index is 2120. The third-order valence-corrected chi connectivity index (χ3v) is 10.8. The Balaban J connectivity index is 1.53. The van der Waals surface area contributed by atoms with Crippen LogP contribution < -0.4 is 10.2 Å². The number of ether oxygens (including phenoxy) is 3. The van der Waals surface area contributed by atoms with Crippen LogP contribution in [0.15, 0.2) is 122 Å². The summed E-state index contributed by atoms with van der Waals surface area (Å²) >= 11 is 0. The standard InChI is InChI=1S/C43H41N3O9/c1-5-24-54-38(48)32-35-40(50)55-36(27-16-10-7-11-17-27)34(26-14-8-6-9-15-26)46(35)37(28-20-22-29(47)23-21-28)43(32)30-18-12-13-19-31(30)45(41(43)51)42(52)44-33(25(2)3)39(49)53-4/h5-23,25,32-37,47H,1,24H2,2-4H3,(H,44,52). The fourth-order valence-electron chi connectivity index (χ4n) is 8.54. The van der Waals surface area contributed by atoms with Crippen LogP contribution in [0.5, 0.6) is 5.75 Å². The van der Waals surface area contributed by atoms with E-state index in [-0.39, 0.29) is 18.0 Å². The molecule has 3 heterocycles. The first-order valence-electron chi connectivity index (χ1n) is 18.0. The lowest BCUT2D eigenvalue weighted by Crippen LogP contribution is -2.56. The van der Waals surface area contributed by atoms with Gasteiger partial charge in [-0.15, -0.1) is 0 Å². The van der Waals surface area contributed by atoms with E-state index in [1.54, 1.807) is 50.2 Å². The number of benzene rings is 4. The van der Waals surface area contributed by atoms with Crippen molar-refractivity contribution in [2.45, 2.75) is 49.5 Å². The van der Waals surface area contributed by atoms with Gasteiger partial charge in [0, 0.05) is 0 Å². The van der Waals surface area contributed by atoms with Crippen molar-refractivity contribution in [3.63, 3.8) is 0 Å². The molecule has 3 aliphatic rings. The highest BCUT2D eigenvalue weighted by atomic mass is 16.6. The van der Waals surface area contributed by atoms with Crippen molar-refractivity contribution in [2.75, 3.05) is 18.6 Å². The van der Waals surface area contributed by atoms with Gasteiger partial charge in [0.1, 0.15) is 41.9 Å². The molecule has 4 aromatic carbocycles. The van der Waals surface area contributed by atoms with E-state index in [9.17, 15) is 24.3 Å². The van der Waals surface area contributed by atoms with Crippen molar-refractivity contribution in [2.24, 2.45) is 11.8 Å². The fourth-order valence-corrected chi connectivity index (χ4v) is 8.54. The number of rotatable bonds is 9. The molecule has 2 saturated heterocycles. The molecule has 3 aliphatic heterocycles. The van der Waals surface area contributed by atoms with Gasteiger partial charge in [0.15, 0.2) is 0 Å². The summed E-state index contributed by atoms with van der Waals surface area (Å²) in [6.07, 6.45) is 0.486. The molecule has 0 bridgehead atoms. The summed E-state index contributed by atoms with van der Waals surface area (Å²) in [6.45, 7) is 6.92. The SMILES string of the molecule is C=CCOC(=O)C1C2C(=O)OC(c3ccccc3)C(c3ccccc3)N2C(c2ccc(O)cc2)C12C(=O)N(C(=O)NC(C(=O)OC)C(C)C)c1ccccc12. The summed E-state index contributed by atoms with van der Waals surface area (Å²) in [6, 6.07) is 26.0. The number of para-hydroxylation sites is 1. The van der Waals surface area contributed by atoms with Gasteiger partial charge in [-0.2, -0.15) is 0 Å². The number of hydrogen-bond acceptors (Lipinski definition) is 10. The molecule has 4 aromatic rings. The molecule has 1 spiro atoms. The number of imide groups is 1. The molecule has 7 rings (SSSR count). The number of phenolic OH excluding ortho intramolecular Hbond substituents is 1. The van der Waals surface area contributed by atoms with Crippen LogP contribution in [0, 0.1) is 11.8 Å². The van der Waals surface area contributed by atoms with Gasteiger partial charge >= 0.3 is 23.9 Å². The maximum atomic E-state index is 15.8. The van der Waals surface area contributed by atoms with Gasteiger partial charge in [-0.3, -0.25) is 19.3 Å². The smallest absolute Gasteiger partial charge is 0.329 e. The monoisotopic (exact) mass is 743 g/mol. The van der Waals surface area contributed by atoms with Crippen molar-refractivity contribution in [1.29, 1.82) is 0 Å². The van der Waals surface area contributed by atoms with Gasteiger partial charge in [-0.25, -0.2) is 14.5 Å². The molecule has 12 nitrogen and oxygen atoms in total. The number of nitrogens with zero attached hydrogens (tertiary/aromatic N) is 2. The zero-order chi connectivity index (χ0) is 39.0. The zero-order valence-electron chi connectivity index (χ0n) is 30.5. The molecule has 3 amide bonds. The normalized spacial score (nSPS) is 24.8. The van der Waals surface area contributed by atoms with E-state index in [2.05, 4.69) is 11.9 Å². The van der Waals surface area contributed by atoms with Gasteiger partial charge in [0.2, 0.25) is 5.91 Å². The largest absolute Gasteiger partial charge is 0.508 e. The van der Waals surface area contributed by atoms with Crippen molar-refractivity contribution in [3.8, 4) is 5.75 Å². The van der Waals surface area contributed by atoms with Gasteiger partial charge in [0.25, 0.3) is 0 Å². The second-order valence-corrected chi connectivity index (χ2v) is 14.1. The van der Waals surface area contributed by atoms with Gasteiger partial charge in [0.05, 0.1) is 24.9 Å². The van der Waals surface area contributed by atoms with Crippen molar-refractivity contribution < 1.29 is 43.3 Å². The number of amides is 3. The molecule has 12 heteroatoms. The summed E-state index contributed by atoms with van der Waals surface area (Å²) in [5.41, 5.74) is 0.346. The molecule has 282 valence electrons. The van der Waals surface area contributed by atoms with E-state index in [4.69, 9.17) is 14.2 Å². The quantitative estimate of drug-likeness (QED) is 0.124. The lowest BCUT2D eigenvalue weighted by atomic mass is 9.65. The summed E-state index contributed by atoms with van der Waals surface area (Å²) in [5, 5.41) is 13.2. The number of hydrogen-bond donors (Lipinski definition) is 2. The van der Waals surface area contributed by atoms with Crippen LogP contribution in [0.1, 0.15) is 54.3 Å². The number of anilines is 1. The molecule has 7 atom stereocenters. The van der Waals surface area contributed by atoms with E-state index >= 15 is 4.79 Å². The maximum absolute atomic E-state index is 15.8. The molecule has 0 radical (unpaired) electrons. The minimum absolute atomic E-state index is 0.0456. The number of cyclic esters (lactones) is 1.